The SMILES string of the molecule is FCCNC(F)(F)C(F)(F)F. The molecule has 1 nitrogen and oxygen atoms in total. The number of alkyl halides is 6. The number of hydrogen-bond acceptors (Lipinski definition) is 1. The third kappa shape index (κ3) is 2.96. The Bertz CT molecular complexity index is 118. The van der Waals surface area contributed by atoms with Gasteiger partial charge in [-0.3, -0.25) is 0 Å². The van der Waals surface area contributed by atoms with Crippen molar-refractivity contribution < 1.29 is 26.3 Å². The summed E-state index contributed by atoms with van der Waals surface area (Å²) < 4.78 is 68.2. The number of rotatable bonds is 3. The van der Waals surface area contributed by atoms with E-state index in [2.05, 4.69) is 0 Å². The molecule has 0 aliphatic carbocycles. The smallest absolute Gasteiger partial charge is 0.250 e. The summed E-state index contributed by atoms with van der Waals surface area (Å²) in [6.45, 7) is -2.29. The molecule has 0 atom stereocenters. The van der Waals surface area contributed by atoms with Crippen LogP contribution in [0.15, 0.2) is 0 Å². The van der Waals surface area contributed by atoms with Crippen LogP contribution in [-0.4, -0.2) is 25.4 Å². The zero-order valence-corrected chi connectivity index (χ0v) is 5.18. The van der Waals surface area contributed by atoms with E-state index in [1.807, 2.05) is 0 Å². The zero-order chi connectivity index (χ0) is 9.12. The molecular weight excluding hydrogens is 176 g/mol. The predicted octanol–water partition coefficient (Wildman–Crippen LogP) is 1.70. The number of nitrogens with one attached hydrogen (secondary N) is 1. The van der Waals surface area contributed by atoms with Crippen molar-refractivity contribution in [3.63, 3.8) is 0 Å². The van der Waals surface area contributed by atoms with Gasteiger partial charge in [-0.15, -0.1) is 0 Å². The first-order chi connectivity index (χ1) is 4.81. The minimum absolute atomic E-state index is 0.715. The van der Waals surface area contributed by atoms with E-state index >= 15 is 0 Å². The van der Waals surface area contributed by atoms with Crippen LogP contribution in [0.4, 0.5) is 26.3 Å². The second-order valence-corrected chi connectivity index (χ2v) is 1.69. The summed E-state index contributed by atoms with van der Waals surface area (Å²) in [7, 11) is 0. The normalized spacial score (nSPS) is 13.6. The van der Waals surface area contributed by atoms with Crippen LogP contribution < -0.4 is 5.32 Å². The highest BCUT2D eigenvalue weighted by atomic mass is 19.4. The molecular formula is C4H5F6N. The summed E-state index contributed by atoms with van der Waals surface area (Å²) in [5.41, 5.74) is 0. The number of hydrogen-bond donors (Lipinski definition) is 1. The summed E-state index contributed by atoms with van der Waals surface area (Å²) in [6.07, 6.45) is -5.66. The molecule has 0 aliphatic rings. The Morgan fingerprint density at radius 2 is 1.45 bits per heavy atom. The molecule has 68 valence electrons. The Balaban J connectivity index is 4.00. The van der Waals surface area contributed by atoms with Crippen molar-refractivity contribution in [2.24, 2.45) is 0 Å². The van der Waals surface area contributed by atoms with Gasteiger partial charge >= 0.3 is 12.2 Å². The zero-order valence-electron chi connectivity index (χ0n) is 5.18. The monoisotopic (exact) mass is 181 g/mol. The van der Waals surface area contributed by atoms with Crippen LogP contribution in [0.1, 0.15) is 0 Å². The molecule has 0 saturated heterocycles. The summed E-state index contributed by atoms with van der Waals surface area (Å²) in [5.74, 6) is 0. The highest BCUT2D eigenvalue weighted by molar-refractivity contribution is 4.72. The van der Waals surface area contributed by atoms with E-state index in [-0.39, 0.29) is 0 Å². The molecule has 0 unspecified atom stereocenters. The molecule has 0 saturated carbocycles. The van der Waals surface area contributed by atoms with Crippen molar-refractivity contribution in [2.75, 3.05) is 13.2 Å². The fourth-order valence-electron chi connectivity index (χ4n) is 0.304. The summed E-state index contributed by atoms with van der Waals surface area (Å²) in [5, 5.41) is 0.715. The van der Waals surface area contributed by atoms with Gasteiger partial charge in [-0.1, -0.05) is 0 Å². The molecule has 0 spiro atoms. The molecule has 0 aromatic rings. The second kappa shape index (κ2) is 3.29. The minimum atomic E-state index is -5.66. The highest BCUT2D eigenvalue weighted by Crippen LogP contribution is 2.32. The van der Waals surface area contributed by atoms with Crippen molar-refractivity contribution in [1.29, 1.82) is 0 Å². The summed E-state index contributed by atoms with van der Waals surface area (Å²) in [4.78, 5) is 0. The minimum Gasteiger partial charge on any atom is -0.250 e. The Labute approximate surface area is 58.4 Å². The molecule has 0 bridgehead atoms. The lowest BCUT2D eigenvalue weighted by Gasteiger charge is -2.19. The molecule has 11 heavy (non-hydrogen) atoms. The molecule has 0 fully saturated rings. The topological polar surface area (TPSA) is 12.0 Å². The molecule has 0 amide bonds. The van der Waals surface area contributed by atoms with Crippen molar-refractivity contribution >= 4 is 0 Å². The van der Waals surface area contributed by atoms with Gasteiger partial charge in [0.15, 0.2) is 0 Å². The van der Waals surface area contributed by atoms with Crippen LogP contribution in [0.2, 0.25) is 0 Å². The second-order valence-electron chi connectivity index (χ2n) is 1.69. The molecule has 0 heterocycles. The van der Waals surface area contributed by atoms with Crippen molar-refractivity contribution in [2.45, 2.75) is 12.2 Å². The lowest BCUT2D eigenvalue weighted by Crippen LogP contribution is -2.50. The fourth-order valence-corrected chi connectivity index (χ4v) is 0.304. The molecule has 0 radical (unpaired) electrons. The molecule has 7 heteroatoms. The molecule has 0 rings (SSSR count). The summed E-state index contributed by atoms with van der Waals surface area (Å²) in [6, 6.07) is -5.00. The lowest BCUT2D eigenvalue weighted by molar-refractivity contribution is -0.295. The maximum Gasteiger partial charge on any atom is 0.469 e. The van der Waals surface area contributed by atoms with Gasteiger partial charge in [0.2, 0.25) is 0 Å². The lowest BCUT2D eigenvalue weighted by atomic mass is 10.5. The summed E-state index contributed by atoms with van der Waals surface area (Å²) >= 11 is 0. The largest absolute Gasteiger partial charge is 0.469 e. The Kier molecular flexibility index (Phi) is 3.15. The van der Waals surface area contributed by atoms with Crippen LogP contribution in [-0.2, 0) is 0 Å². The van der Waals surface area contributed by atoms with Gasteiger partial charge in [-0.05, 0) is 0 Å². The van der Waals surface area contributed by atoms with Crippen molar-refractivity contribution in [3.05, 3.63) is 0 Å². The van der Waals surface area contributed by atoms with Gasteiger partial charge in [0.1, 0.15) is 6.67 Å². The van der Waals surface area contributed by atoms with Gasteiger partial charge in [-0.2, -0.15) is 22.0 Å². The highest BCUT2D eigenvalue weighted by Gasteiger charge is 2.57. The average Bonchev–Trinajstić information content (AvgIpc) is 1.81. The van der Waals surface area contributed by atoms with Crippen LogP contribution in [0, 0.1) is 0 Å². The first-order valence-electron chi connectivity index (χ1n) is 2.57. The van der Waals surface area contributed by atoms with Gasteiger partial charge in [0, 0.05) is 6.54 Å². The van der Waals surface area contributed by atoms with Gasteiger partial charge < -0.3 is 0 Å². The first kappa shape index (κ1) is 10.5. The van der Waals surface area contributed by atoms with E-state index in [4.69, 9.17) is 0 Å². The number of halogens is 6. The van der Waals surface area contributed by atoms with Gasteiger partial charge in [0.05, 0.1) is 0 Å². The van der Waals surface area contributed by atoms with E-state index < -0.39 is 25.4 Å². The van der Waals surface area contributed by atoms with E-state index in [1.165, 1.54) is 0 Å². The maximum absolute atomic E-state index is 11.7. The van der Waals surface area contributed by atoms with Gasteiger partial charge in [0.25, 0.3) is 0 Å². The Morgan fingerprint density at radius 3 is 1.73 bits per heavy atom. The molecule has 0 aromatic carbocycles. The van der Waals surface area contributed by atoms with Crippen molar-refractivity contribution in [1.82, 2.24) is 5.32 Å². The average molecular weight is 181 g/mol. The predicted molar refractivity (Wildman–Crippen MR) is 25.0 cm³/mol. The van der Waals surface area contributed by atoms with E-state index in [1.54, 1.807) is 0 Å². The Hall–Kier alpha value is -0.460. The van der Waals surface area contributed by atoms with Crippen molar-refractivity contribution in [3.8, 4) is 0 Å². The van der Waals surface area contributed by atoms with Crippen LogP contribution in [0.3, 0.4) is 0 Å². The van der Waals surface area contributed by atoms with Crippen LogP contribution in [0.25, 0.3) is 0 Å². The molecule has 0 aliphatic heterocycles. The van der Waals surface area contributed by atoms with Crippen LogP contribution in [0.5, 0.6) is 0 Å². The first-order valence-corrected chi connectivity index (χ1v) is 2.57. The molecule has 0 aromatic heterocycles. The van der Waals surface area contributed by atoms with Gasteiger partial charge in [-0.25, -0.2) is 9.71 Å². The third-order valence-electron chi connectivity index (χ3n) is 0.798. The van der Waals surface area contributed by atoms with E-state index in [0.717, 1.165) is 0 Å². The quantitative estimate of drug-likeness (QED) is 0.516. The third-order valence-corrected chi connectivity index (χ3v) is 0.798. The van der Waals surface area contributed by atoms with E-state index in [9.17, 15) is 26.3 Å². The fraction of sp³-hybridized carbons (Fsp3) is 1.00. The standard InChI is InChI=1S/C4H5F6N/c5-1-2-11-4(9,10)3(6,7)8/h11H,1-2H2. The maximum atomic E-state index is 11.7. The molecule has 1 N–H and O–H groups in total. The Morgan fingerprint density at radius 1 is 1.00 bits per heavy atom. The van der Waals surface area contributed by atoms with Crippen LogP contribution >= 0.6 is 0 Å². The van der Waals surface area contributed by atoms with E-state index in [0.29, 0.717) is 5.32 Å².